The maximum absolute atomic E-state index is 11.1. The summed E-state index contributed by atoms with van der Waals surface area (Å²) >= 11 is -11.1. The zero-order valence-corrected chi connectivity index (χ0v) is 16.9. The molecule has 0 spiro atoms. The number of rotatable bonds is 3. The molecule has 0 aliphatic carbocycles. The van der Waals surface area contributed by atoms with Crippen LogP contribution in [0.2, 0.25) is 0 Å². The molecule has 0 radical (unpaired) electrons. The molecule has 0 unspecified atom stereocenters. The summed E-state index contributed by atoms with van der Waals surface area (Å²) in [5.74, 6) is 0. The van der Waals surface area contributed by atoms with Gasteiger partial charge in [0.25, 0.3) is 0 Å². The first-order chi connectivity index (χ1) is 12.3. The summed E-state index contributed by atoms with van der Waals surface area (Å²) < 4.78 is 59.4. The monoisotopic (exact) mass is 466 g/mol. The second-order valence-corrected chi connectivity index (χ2v) is 11.8. The van der Waals surface area contributed by atoms with Crippen molar-refractivity contribution >= 4 is 25.1 Å². The fourth-order valence-electron chi connectivity index (χ4n) is 2.26. The number of benzene rings is 3. The molecule has 146 valence electrons. The van der Waals surface area contributed by atoms with E-state index in [1.54, 1.807) is 0 Å². The molecule has 0 N–H and O–H groups in total. The van der Waals surface area contributed by atoms with Crippen LogP contribution in [0, 0.1) is 6.92 Å². The van der Waals surface area contributed by atoms with Crippen LogP contribution in [0.4, 0.5) is 20.8 Å². The van der Waals surface area contributed by atoms with Crippen molar-refractivity contribution < 1.29 is 20.8 Å². The topological polar surface area (TPSA) is 0 Å². The molecule has 27 heavy (non-hydrogen) atoms. The Balaban J connectivity index is 0.000000321. The van der Waals surface area contributed by atoms with Crippen molar-refractivity contribution in [1.82, 2.24) is 0 Å². The average Bonchev–Trinajstić information content (AvgIpc) is 2.54. The Morgan fingerprint density at radius 2 is 0.926 bits per heavy atom. The van der Waals surface area contributed by atoms with E-state index in [1.807, 2.05) is 0 Å². The summed E-state index contributed by atoms with van der Waals surface area (Å²) in [5.41, 5.74) is 1.31. The van der Waals surface area contributed by atoms with Crippen molar-refractivity contribution in [3.05, 3.63) is 90.5 Å². The van der Waals surface area contributed by atoms with Crippen LogP contribution in [0.5, 0.6) is 0 Å². The number of hydrogen-bond acceptors (Lipinski definition) is 0. The molecule has 3 rings (SSSR count). The third kappa shape index (κ3) is 9.07. The van der Waals surface area contributed by atoms with Crippen LogP contribution >= 0.6 is 0 Å². The molecule has 0 aliphatic heterocycles. The van der Waals surface area contributed by atoms with Crippen LogP contribution in [-0.2, 0) is 10.9 Å². The van der Waals surface area contributed by atoms with E-state index in [-0.39, 0.29) is 10.9 Å². The van der Waals surface area contributed by atoms with Gasteiger partial charge in [0.05, 0.1) is 10.9 Å². The van der Waals surface area contributed by atoms with Crippen molar-refractivity contribution in [3.8, 4) is 0 Å². The Morgan fingerprint density at radius 1 is 0.556 bits per heavy atom. The number of halogens is 6. The zero-order chi connectivity index (χ0) is 20.2. The van der Waals surface area contributed by atoms with Gasteiger partial charge >= 0.3 is 35.0 Å². The molecule has 0 aliphatic rings. The molecule has 0 bridgehead atoms. The molecule has 0 nitrogen and oxygen atoms in total. The minimum atomic E-state index is -11.1. The molecule has 0 atom stereocenters. The van der Waals surface area contributed by atoms with Crippen molar-refractivity contribution in [2.24, 2.45) is 0 Å². The van der Waals surface area contributed by atoms with Crippen LogP contribution < -0.4 is 0 Å². The molecule has 3 aromatic carbocycles. The van der Waals surface area contributed by atoms with Crippen LogP contribution in [0.25, 0.3) is 0 Å². The molecular weight excluding hydrogens is 449 g/mol. The van der Waals surface area contributed by atoms with Gasteiger partial charge < -0.3 is 0 Å². The van der Waals surface area contributed by atoms with Crippen molar-refractivity contribution in [1.29, 1.82) is 0 Å². The van der Waals surface area contributed by atoms with E-state index in [4.69, 9.17) is 0 Å². The van der Waals surface area contributed by atoms with Crippen LogP contribution in [0.3, 0.4) is 0 Å². The van der Waals surface area contributed by atoms with E-state index >= 15 is 0 Å². The Labute approximate surface area is 158 Å². The quantitative estimate of drug-likeness (QED) is 0.217. The minimum absolute atomic E-state index is 0.0249. The fraction of sp³-hybridized carbons (Fsp3) is 0.0526. The Bertz CT molecular complexity index is 830. The van der Waals surface area contributed by atoms with Crippen molar-refractivity contribution in [2.75, 3.05) is 0 Å². The van der Waals surface area contributed by atoms with Crippen molar-refractivity contribution in [2.45, 2.75) is 21.6 Å². The second-order valence-electron chi connectivity index (χ2n) is 5.71. The van der Waals surface area contributed by atoms with Crippen LogP contribution in [-0.4, -0.2) is 14.2 Å². The molecule has 0 fully saturated rings. The van der Waals surface area contributed by atoms with Gasteiger partial charge in [-0.2, -0.15) is 0 Å². The normalized spacial score (nSPS) is 13.9. The van der Waals surface area contributed by atoms with Gasteiger partial charge in [0.15, 0.2) is 14.7 Å². The standard InChI is InChI=1S/C19H17S.AsF6/c1-16-9-8-14-19(15-16)20(17-10-4-2-5-11-17)18-12-6-3-7-13-18;2-1(3,4,5,6)7/h2-15H,1H3;/q+1;-1. The third-order valence-corrected chi connectivity index (χ3v) is 5.40. The van der Waals surface area contributed by atoms with Gasteiger partial charge in [0.1, 0.15) is 0 Å². The van der Waals surface area contributed by atoms with Gasteiger partial charge in [-0.15, -0.1) is 0 Å². The van der Waals surface area contributed by atoms with Gasteiger partial charge in [-0.3, -0.25) is 0 Å². The molecule has 0 heterocycles. The Hall–Kier alpha value is -1.85. The molecule has 8 heteroatoms. The summed E-state index contributed by atoms with van der Waals surface area (Å²) in [4.78, 5) is 4.11. The first-order valence-corrected chi connectivity index (χ1v) is 13.2. The molecule has 0 amide bonds. The Morgan fingerprint density at radius 3 is 1.30 bits per heavy atom. The molecule has 0 aromatic heterocycles. The predicted octanol–water partition coefficient (Wildman–Crippen LogP) is 7.23. The predicted molar refractivity (Wildman–Crippen MR) is 98.6 cm³/mol. The zero-order valence-electron chi connectivity index (χ0n) is 14.2. The maximum atomic E-state index is 9.91. The SMILES string of the molecule is Cc1cccc([S+](c2ccccc2)c2ccccc2)c1.F[As-](F)(F)(F)(F)F. The second kappa shape index (κ2) is 7.28. The van der Waals surface area contributed by atoms with E-state index < -0.39 is 14.2 Å². The van der Waals surface area contributed by atoms with Gasteiger partial charge in [0, 0.05) is 0 Å². The van der Waals surface area contributed by atoms with Gasteiger partial charge in [0.2, 0.25) is 0 Å². The Kier molecular flexibility index (Phi) is 5.79. The summed E-state index contributed by atoms with van der Waals surface area (Å²) in [5, 5.41) is 0. The summed E-state index contributed by atoms with van der Waals surface area (Å²) in [6.07, 6.45) is 0. The first-order valence-electron chi connectivity index (χ1n) is 7.77. The summed E-state index contributed by atoms with van der Waals surface area (Å²) in [6.45, 7) is 2.15. The first kappa shape index (κ1) is 21.4. The molecule has 3 aromatic rings. The van der Waals surface area contributed by atoms with Gasteiger partial charge in [-0.1, -0.05) is 48.5 Å². The molecular formula is C19H17AsF6S. The average molecular weight is 466 g/mol. The van der Waals surface area contributed by atoms with Crippen LogP contribution in [0.1, 0.15) is 5.56 Å². The van der Waals surface area contributed by atoms with Gasteiger partial charge in [-0.05, 0) is 48.9 Å². The number of hydrogen-bond donors (Lipinski definition) is 0. The molecule has 0 saturated heterocycles. The van der Waals surface area contributed by atoms with Gasteiger partial charge in [-0.25, -0.2) is 0 Å². The summed E-state index contributed by atoms with van der Waals surface area (Å²) in [6, 6.07) is 30.3. The van der Waals surface area contributed by atoms with E-state index in [9.17, 15) is 20.8 Å². The van der Waals surface area contributed by atoms with E-state index in [2.05, 4.69) is 91.9 Å². The fourth-order valence-corrected chi connectivity index (χ4v) is 4.46. The van der Waals surface area contributed by atoms with E-state index in [0.717, 1.165) is 0 Å². The third-order valence-electron chi connectivity index (χ3n) is 3.18. The number of aryl methyl sites for hydroxylation is 1. The van der Waals surface area contributed by atoms with E-state index in [1.165, 1.54) is 20.2 Å². The van der Waals surface area contributed by atoms with Crippen molar-refractivity contribution in [3.63, 3.8) is 0 Å². The summed E-state index contributed by atoms with van der Waals surface area (Å²) in [7, 11) is -0.0249. The van der Waals surface area contributed by atoms with E-state index in [0.29, 0.717) is 0 Å². The van der Waals surface area contributed by atoms with Crippen LogP contribution in [0.15, 0.2) is 99.6 Å². The molecule has 0 saturated carbocycles.